The molecule has 1 rings (SSSR count). The minimum Gasteiger partial charge on any atom is -0.325 e. The topological polar surface area (TPSA) is 55.1 Å². The minimum absolute atomic E-state index is 0.0500. The van der Waals surface area contributed by atoms with E-state index in [9.17, 15) is 18.0 Å². The molecule has 0 heterocycles. The van der Waals surface area contributed by atoms with E-state index in [4.69, 9.17) is 5.73 Å². The van der Waals surface area contributed by atoms with Gasteiger partial charge in [0.1, 0.15) is 0 Å². The zero-order valence-corrected chi connectivity index (χ0v) is 10.4. The molecule has 1 aromatic rings. The van der Waals surface area contributed by atoms with Gasteiger partial charge >= 0.3 is 6.18 Å². The Morgan fingerprint density at radius 2 is 2.00 bits per heavy atom. The number of anilines is 1. The van der Waals surface area contributed by atoms with Crippen LogP contribution < -0.4 is 11.1 Å². The Labute approximate surface area is 104 Å². The molecule has 0 aromatic heterocycles. The first-order chi connectivity index (χ1) is 7.70. The summed E-state index contributed by atoms with van der Waals surface area (Å²) in [5, 5.41) is 2.30. The van der Waals surface area contributed by atoms with E-state index in [0.29, 0.717) is 0 Å². The summed E-state index contributed by atoms with van der Waals surface area (Å²) in [6.45, 7) is 1.44. The first-order valence-corrected chi connectivity index (χ1v) is 5.43. The third-order valence-electron chi connectivity index (χ3n) is 1.91. The molecule has 0 aliphatic rings. The first-order valence-electron chi connectivity index (χ1n) is 4.64. The molecular weight excluding hydrogens is 301 g/mol. The lowest BCUT2D eigenvalue weighted by atomic mass is 10.2. The molecule has 1 aromatic carbocycles. The number of hydrogen-bond acceptors (Lipinski definition) is 2. The first kappa shape index (κ1) is 14.0. The SMILES string of the molecule is C[C@@H](N)C(=O)Nc1cc(Br)cc(C(F)(F)F)c1. The Balaban J connectivity index is 3.02. The number of alkyl halides is 3. The summed E-state index contributed by atoms with van der Waals surface area (Å²) >= 11 is 2.95. The van der Waals surface area contributed by atoms with Crippen LogP contribution >= 0.6 is 15.9 Å². The van der Waals surface area contributed by atoms with Crippen LogP contribution in [-0.4, -0.2) is 11.9 Å². The molecular formula is C10H10BrF3N2O. The lowest BCUT2D eigenvalue weighted by Crippen LogP contribution is -2.32. The van der Waals surface area contributed by atoms with E-state index >= 15 is 0 Å². The second-order valence-electron chi connectivity index (χ2n) is 3.50. The maximum atomic E-state index is 12.5. The molecule has 0 fully saturated rings. The van der Waals surface area contributed by atoms with Gasteiger partial charge < -0.3 is 11.1 Å². The second-order valence-corrected chi connectivity index (χ2v) is 4.42. The van der Waals surface area contributed by atoms with E-state index in [1.807, 2.05) is 0 Å². The quantitative estimate of drug-likeness (QED) is 0.882. The number of nitrogens with two attached hydrogens (primary N) is 1. The van der Waals surface area contributed by atoms with Gasteiger partial charge in [-0.25, -0.2) is 0 Å². The number of carbonyl (C=O) groups excluding carboxylic acids is 1. The fourth-order valence-electron chi connectivity index (χ4n) is 1.08. The summed E-state index contributed by atoms with van der Waals surface area (Å²) < 4.78 is 37.7. The molecule has 0 spiro atoms. The zero-order valence-electron chi connectivity index (χ0n) is 8.81. The lowest BCUT2D eigenvalue weighted by Gasteiger charge is -2.12. The molecule has 0 aliphatic carbocycles. The number of amides is 1. The predicted molar refractivity (Wildman–Crippen MR) is 61.4 cm³/mol. The van der Waals surface area contributed by atoms with Crippen LogP contribution in [0.5, 0.6) is 0 Å². The largest absolute Gasteiger partial charge is 0.416 e. The van der Waals surface area contributed by atoms with Crippen LogP contribution in [0.3, 0.4) is 0 Å². The van der Waals surface area contributed by atoms with Crippen molar-refractivity contribution in [2.75, 3.05) is 5.32 Å². The fraction of sp³-hybridized carbons (Fsp3) is 0.300. The zero-order chi connectivity index (χ0) is 13.2. The van der Waals surface area contributed by atoms with Gasteiger partial charge in [0, 0.05) is 10.2 Å². The molecule has 0 aliphatic heterocycles. The Hall–Kier alpha value is -1.08. The Kier molecular flexibility index (Phi) is 4.16. The van der Waals surface area contributed by atoms with Crippen LogP contribution in [0.15, 0.2) is 22.7 Å². The van der Waals surface area contributed by atoms with E-state index < -0.39 is 23.7 Å². The second kappa shape index (κ2) is 5.05. The van der Waals surface area contributed by atoms with E-state index in [1.165, 1.54) is 13.0 Å². The van der Waals surface area contributed by atoms with E-state index in [-0.39, 0.29) is 10.2 Å². The molecule has 1 atom stereocenters. The summed E-state index contributed by atoms with van der Waals surface area (Å²) in [5.74, 6) is -0.545. The van der Waals surface area contributed by atoms with E-state index in [1.54, 1.807) is 0 Å². The molecule has 7 heteroatoms. The highest BCUT2D eigenvalue weighted by atomic mass is 79.9. The van der Waals surface area contributed by atoms with Gasteiger partial charge in [0.25, 0.3) is 0 Å². The fourth-order valence-corrected chi connectivity index (χ4v) is 1.57. The third-order valence-corrected chi connectivity index (χ3v) is 2.36. The predicted octanol–water partition coefficient (Wildman–Crippen LogP) is 2.75. The molecule has 3 nitrogen and oxygen atoms in total. The van der Waals surface area contributed by atoms with Crippen molar-refractivity contribution in [2.45, 2.75) is 19.1 Å². The van der Waals surface area contributed by atoms with Gasteiger partial charge in [-0.15, -0.1) is 0 Å². The van der Waals surface area contributed by atoms with Crippen LogP contribution in [-0.2, 0) is 11.0 Å². The van der Waals surface area contributed by atoms with Gasteiger partial charge in [-0.1, -0.05) is 15.9 Å². The van der Waals surface area contributed by atoms with Crippen molar-refractivity contribution in [3.63, 3.8) is 0 Å². The van der Waals surface area contributed by atoms with Crippen LogP contribution in [0, 0.1) is 0 Å². The van der Waals surface area contributed by atoms with Gasteiger partial charge in [-0.3, -0.25) is 4.79 Å². The number of carbonyl (C=O) groups is 1. The third kappa shape index (κ3) is 4.01. The van der Waals surface area contributed by atoms with Crippen LogP contribution in [0.1, 0.15) is 12.5 Å². The summed E-state index contributed by atoms with van der Waals surface area (Å²) in [7, 11) is 0. The Bertz CT molecular complexity index is 432. The number of nitrogens with one attached hydrogen (secondary N) is 1. The van der Waals surface area contributed by atoms with Crippen molar-refractivity contribution in [1.82, 2.24) is 0 Å². The molecule has 0 radical (unpaired) electrons. The maximum absolute atomic E-state index is 12.5. The van der Waals surface area contributed by atoms with Gasteiger partial charge in [0.15, 0.2) is 0 Å². The van der Waals surface area contributed by atoms with Crippen molar-refractivity contribution in [3.8, 4) is 0 Å². The average molecular weight is 311 g/mol. The monoisotopic (exact) mass is 310 g/mol. The molecule has 17 heavy (non-hydrogen) atoms. The Morgan fingerprint density at radius 1 is 1.41 bits per heavy atom. The van der Waals surface area contributed by atoms with Crippen LogP contribution in [0.25, 0.3) is 0 Å². The van der Waals surface area contributed by atoms with E-state index in [0.717, 1.165) is 12.1 Å². The molecule has 0 saturated heterocycles. The lowest BCUT2D eigenvalue weighted by molar-refractivity contribution is -0.137. The highest BCUT2D eigenvalue weighted by molar-refractivity contribution is 9.10. The minimum atomic E-state index is -4.46. The molecule has 0 unspecified atom stereocenters. The Morgan fingerprint density at radius 3 is 2.47 bits per heavy atom. The standard InChI is InChI=1S/C10H10BrF3N2O/c1-5(15)9(17)16-8-3-6(10(12,13)14)2-7(11)4-8/h2-5H,15H2,1H3,(H,16,17)/t5-/m1/s1. The van der Waals surface area contributed by atoms with Crippen LogP contribution in [0.2, 0.25) is 0 Å². The van der Waals surface area contributed by atoms with Crippen molar-refractivity contribution in [3.05, 3.63) is 28.2 Å². The summed E-state index contributed by atoms with van der Waals surface area (Å²) in [6, 6.07) is 2.37. The molecule has 0 saturated carbocycles. The van der Waals surface area contributed by atoms with Crippen molar-refractivity contribution < 1.29 is 18.0 Å². The number of hydrogen-bond donors (Lipinski definition) is 2. The van der Waals surface area contributed by atoms with Gasteiger partial charge in [0.05, 0.1) is 11.6 Å². The summed E-state index contributed by atoms with van der Waals surface area (Å²) in [5.41, 5.74) is 4.51. The molecule has 1 amide bonds. The summed E-state index contributed by atoms with van der Waals surface area (Å²) in [4.78, 5) is 11.3. The normalized spacial score (nSPS) is 13.3. The van der Waals surface area contributed by atoms with E-state index in [2.05, 4.69) is 21.2 Å². The molecule has 3 N–H and O–H groups in total. The number of benzene rings is 1. The average Bonchev–Trinajstić information content (AvgIpc) is 2.15. The molecule has 94 valence electrons. The maximum Gasteiger partial charge on any atom is 0.416 e. The number of halogens is 4. The van der Waals surface area contributed by atoms with Crippen LogP contribution in [0.4, 0.5) is 18.9 Å². The highest BCUT2D eigenvalue weighted by Gasteiger charge is 2.31. The summed E-state index contributed by atoms with van der Waals surface area (Å²) in [6.07, 6.45) is -4.46. The van der Waals surface area contributed by atoms with Gasteiger partial charge in [-0.2, -0.15) is 13.2 Å². The smallest absolute Gasteiger partial charge is 0.325 e. The van der Waals surface area contributed by atoms with Crippen molar-refractivity contribution >= 4 is 27.5 Å². The van der Waals surface area contributed by atoms with Crippen molar-refractivity contribution in [2.24, 2.45) is 5.73 Å². The number of rotatable bonds is 2. The van der Waals surface area contributed by atoms with Gasteiger partial charge in [0.2, 0.25) is 5.91 Å². The van der Waals surface area contributed by atoms with Crippen molar-refractivity contribution in [1.29, 1.82) is 0 Å². The molecule has 0 bridgehead atoms. The highest BCUT2D eigenvalue weighted by Crippen LogP contribution is 2.33. The van der Waals surface area contributed by atoms with Gasteiger partial charge in [-0.05, 0) is 25.1 Å².